The molecule has 1 aliphatic heterocycles. The van der Waals surface area contributed by atoms with E-state index in [0.29, 0.717) is 6.42 Å². The number of benzene rings is 1. The van der Waals surface area contributed by atoms with Crippen molar-refractivity contribution in [3.8, 4) is 0 Å². The molecule has 1 aliphatic rings. The van der Waals surface area contributed by atoms with Crippen LogP contribution in [0.5, 0.6) is 0 Å². The van der Waals surface area contributed by atoms with Crippen molar-refractivity contribution >= 4 is 40.6 Å². The van der Waals surface area contributed by atoms with Crippen molar-refractivity contribution in [3.63, 3.8) is 0 Å². The van der Waals surface area contributed by atoms with Crippen LogP contribution >= 0.6 is 11.8 Å². The Morgan fingerprint density at radius 2 is 2.00 bits per heavy atom. The van der Waals surface area contributed by atoms with Gasteiger partial charge in [-0.3, -0.25) is 4.79 Å². The number of para-hydroxylation sites is 1. The summed E-state index contributed by atoms with van der Waals surface area (Å²) in [4.78, 5) is 42.0. The molecule has 0 aliphatic carbocycles. The first kappa shape index (κ1) is 27.5. The van der Waals surface area contributed by atoms with E-state index in [0.717, 1.165) is 33.9 Å². The van der Waals surface area contributed by atoms with Crippen molar-refractivity contribution in [1.82, 2.24) is 25.4 Å². The van der Waals surface area contributed by atoms with Gasteiger partial charge in [-0.05, 0) is 44.7 Å². The third-order valence-corrected chi connectivity index (χ3v) is 6.84. The molecular weight excluding hydrogens is 510 g/mol. The average molecular weight is 543 g/mol. The molecule has 11 nitrogen and oxygen atoms in total. The summed E-state index contributed by atoms with van der Waals surface area (Å²) in [6.45, 7) is 9.45. The number of carbonyl (C=O) groups is 3. The number of ether oxygens (including phenoxy) is 1. The standard InChI is InChI=1S/C26H33N5O6S/c1-14(2)10-18(28-24(35)37-26(3,4)5)22-29-30-25(36-22)38-13-21(32)31-12-19-16(11-20(31)23(33)34)15-8-6-7-9-17(15)27-19/h6-9,14,18,20,27H,10-13H2,1-5H3,(H,28,35)(H,33,34)/p-1/t18-,20+/m0/s1. The number of nitrogens with one attached hydrogen (secondary N) is 2. The SMILES string of the molecule is CC(C)C[C@H](NC(=O)OC(C)(C)C)c1nnc(SCC(=O)N2Cc3[nH]c4ccccc4c3C[C@@H]2C(=O)[O-])o1. The third-order valence-electron chi connectivity index (χ3n) is 6.03. The molecule has 0 saturated carbocycles. The molecule has 0 bridgehead atoms. The van der Waals surface area contributed by atoms with E-state index in [9.17, 15) is 19.5 Å². The van der Waals surface area contributed by atoms with Crippen LogP contribution in [0.1, 0.15) is 64.2 Å². The van der Waals surface area contributed by atoms with Gasteiger partial charge in [-0.1, -0.05) is 43.8 Å². The van der Waals surface area contributed by atoms with Crippen LogP contribution in [0.4, 0.5) is 4.79 Å². The van der Waals surface area contributed by atoms with Gasteiger partial charge >= 0.3 is 6.09 Å². The Labute approximate surface area is 224 Å². The second-order valence-electron chi connectivity index (χ2n) is 10.7. The van der Waals surface area contributed by atoms with Crippen LogP contribution < -0.4 is 10.4 Å². The van der Waals surface area contributed by atoms with Gasteiger partial charge < -0.3 is 34.3 Å². The Morgan fingerprint density at radius 3 is 2.68 bits per heavy atom. The van der Waals surface area contributed by atoms with Gasteiger partial charge in [0.25, 0.3) is 5.22 Å². The molecule has 0 saturated heterocycles. The van der Waals surface area contributed by atoms with E-state index in [4.69, 9.17) is 9.15 Å². The van der Waals surface area contributed by atoms with E-state index in [-0.39, 0.29) is 41.7 Å². The maximum absolute atomic E-state index is 13.1. The smallest absolute Gasteiger partial charge is 0.408 e. The Hall–Kier alpha value is -3.54. The van der Waals surface area contributed by atoms with Gasteiger partial charge in [-0.2, -0.15) is 0 Å². The molecule has 0 spiro atoms. The number of hydrogen-bond donors (Lipinski definition) is 2. The van der Waals surface area contributed by atoms with Crippen molar-refractivity contribution in [3.05, 3.63) is 41.4 Å². The third kappa shape index (κ3) is 6.47. The van der Waals surface area contributed by atoms with Crippen LogP contribution in [0.3, 0.4) is 0 Å². The molecule has 1 aromatic carbocycles. The maximum Gasteiger partial charge on any atom is 0.408 e. The minimum absolute atomic E-state index is 0.102. The lowest BCUT2D eigenvalue weighted by molar-refractivity contribution is -0.311. The van der Waals surface area contributed by atoms with Crippen LogP contribution in [0.2, 0.25) is 0 Å². The van der Waals surface area contributed by atoms with Crippen molar-refractivity contribution in [1.29, 1.82) is 0 Å². The summed E-state index contributed by atoms with van der Waals surface area (Å²) in [6, 6.07) is 6.00. The highest BCUT2D eigenvalue weighted by atomic mass is 32.2. The van der Waals surface area contributed by atoms with Gasteiger partial charge in [-0.15, -0.1) is 10.2 Å². The first-order valence-electron chi connectivity index (χ1n) is 12.5. The number of aromatic amines is 1. The zero-order chi connectivity index (χ0) is 27.6. The van der Waals surface area contributed by atoms with Gasteiger partial charge in [-0.25, -0.2) is 4.79 Å². The Bertz CT molecular complexity index is 1330. The topological polar surface area (TPSA) is 153 Å². The van der Waals surface area contributed by atoms with E-state index in [1.54, 1.807) is 20.8 Å². The zero-order valence-electron chi connectivity index (χ0n) is 22.1. The molecule has 2 aromatic heterocycles. The Morgan fingerprint density at radius 1 is 1.26 bits per heavy atom. The minimum atomic E-state index is -1.30. The monoisotopic (exact) mass is 542 g/mol. The summed E-state index contributed by atoms with van der Waals surface area (Å²) in [5.41, 5.74) is 1.94. The number of fused-ring (bicyclic) bond motifs is 3. The second kappa shape index (κ2) is 11.1. The van der Waals surface area contributed by atoms with E-state index < -0.39 is 29.7 Å². The Balaban J connectivity index is 1.43. The van der Waals surface area contributed by atoms with E-state index in [1.165, 1.54) is 4.90 Å². The van der Waals surface area contributed by atoms with Crippen LogP contribution in [-0.2, 0) is 27.3 Å². The summed E-state index contributed by atoms with van der Waals surface area (Å²) in [5, 5.41) is 23.9. The van der Waals surface area contributed by atoms with Crippen molar-refractivity contribution in [2.75, 3.05) is 5.75 Å². The molecule has 4 rings (SSSR count). The van der Waals surface area contributed by atoms with Gasteiger partial charge in [0.1, 0.15) is 11.6 Å². The maximum atomic E-state index is 13.1. The number of alkyl carbamates (subject to hydrolysis) is 1. The Kier molecular flexibility index (Phi) is 8.00. The quantitative estimate of drug-likeness (QED) is 0.409. The number of rotatable bonds is 8. The number of carboxylic acid groups (broad SMARTS) is 1. The molecular formula is C26H32N5O6S-. The lowest BCUT2D eigenvalue weighted by Gasteiger charge is -2.36. The molecule has 2 N–H and O–H groups in total. The molecule has 0 fully saturated rings. The number of aromatic nitrogens is 3. The molecule has 12 heteroatoms. The minimum Gasteiger partial charge on any atom is -0.548 e. The molecule has 3 heterocycles. The molecule has 0 unspecified atom stereocenters. The summed E-state index contributed by atoms with van der Waals surface area (Å²) >= 11 is 1.01. The predicted octanol–water partition coefficient (Wildman–Crippen LogP) is 2.96. The molecule has 204 valence electrons. The number of carbonyl (C=O) groups excluding carboxylic acids is 3. The molecule has 3 aromatic rings. The summed E-state index contributed by atoms with van der Waals surface area (Å²) < 4.78 is 11.1. The first-order valence-corrected chi connectivity index (χ1v) is 13.4. The van der Waals surface area contributed by atoms with Crippen molar-refractivity contribution in [2.45, 2.75) is 76.9 Å². The van der Waals surface area contributed by atoms with Gasteiger partial charge in [0, 0.05) is 23.0 Å². The normalized spacial score (nSPS) is 16.4. The van der Waals surface area contributed by atoms with Gasteiger partial charge in [0.2, 0.25) is 11.8 Å². The average Bonchev–Trinajstić information content (AvgIpc) is 3.44. The molecule has 38 heavy (non-hydrogen) atoms. The first-order chi connectivity index (χ1) is 17.9. The van der Waals surface area contributed by atoms with Gasteiger partial charge in [0.15, 0.2) is 0 Å². The fourth-order valence-corrected chi connectivity index (χ4v) is 5.10. The number of nitrogens with zero attached hydrogens (tertiary/aromatic N) is 3. The van der Waals surface area contributed by atoms with E-state index >= 15 is 0 Å². The summed E-state index contributed by atoms with van der Waals surface area (Å²) in [6.07, 6.45) is 0.106. The van der Waals surface area contributed by atoms with E-state index in [2.05, 4.69) is 20.5 Å². The second-order valence-corrected chi connectivity index (χ2v) is 11.6. The van der Waals surface area contributed by atoms with Crippen LogP contribution in [0.25, 0.3) is 10.9 Å². The number of amides is 2. The molecule has 2 amide bonds. The fourth-order valence-electron chi connectivity index (χ4n) is 4.45. The van der Waals surface area contributed by atoms with Gasteiger partial charge in [0.05, 0.1) is 24.3 Å². The van der Waals surface area contributed by atoms with Crippen LogP contribution in [0, 0.1) is 5.92 Å². The van der Waals surface area contributed by atoms with Crippen molar-refractivity contribution < 1.29 is 28.6 Å². The summed E-state index contributed by atoms with van der Waals surface area (Å²) in [7, 11) is 0. The zero-order valence-corrected chi connectivity index (χ0v) is 22.9. The lowest BCUT2D eigenvalue weighted by atomic mass is 9.96. The molecule has 0 radical (unpaired) electrons. The van der Waals surface area contributed by atoms with Crippen LogP contribution in [0.15, 0.2) is 33.9 Å². The number of aliphatic carboxylic acids is 1. The summed E-state index contributed by atoms with van der Waals surface area (Å²) in [5.74, 6) is -1.37. The highest BCUT2D eigenvalue weighted by molar-refractivity contribution is 7.99. The van der Waals surface area contributed by atoms with Crippen molar-refractivity contribution in [2.24, 2.45) is 5.92 Å². The largest absolute Gasteiger partial charge is 0.548 e. The molecule has 2 atom stereocenters. The number of thioether (sulfide) groups is 1. The lowest BCUT2D eigenvalue weighted by Crippen LogP contribution is -2.54. The number of H-pyrrole nitrogens is 1. The number of carboxylic acids is 1. The van der Waals surface area contributed by atoms with Crippen LogP contribution in [-0.4, -0.2) is 55.4 Å². The highest BCUT2D eigenvalue weighted by Crippen LogP contribution is 2.31. The van der Waals surface area contributed by atoms with E-state index in [1.807, 2.05) is 38.1 Å². The predicted molar refractivity (Wildman–Crippen MR) is 138 cm³/mol. The fraction of sp³-hybridized carbons (Fsp3) is 0.500. The highest BCUT2D eigenvalue weighted by Gasteiger charge is 2.33. The number of hydrogen-bond acceptors (Lipinski definition) is 9.